The number of nitrogen functional groups attached to an aromatic ring is 1. The minimum Gasteiger partial charge on any atom is -0.456 e. The molecule has 4 atom stereocenters. The van der Waals surface area contributed by atoms with Crippen LogP contribution in [0.15, 0.2) is 42.7 Å². The first kappa shape index (κ1) is 20.7. The summed E-state index contributed by atoms with van der Waals surface area (Å²) in [5.74, 6) is -4.70. The van der Waals surface area contributed by atoms with Crippen LogP contribution >= 0.6 is 0 Å². The van der Waals surface area contributed by atoms with Crippen molar-refractivity contribution in [1.82, 2.24) is 14.6 Å². The van der Waals surface area contributed by atoms with Crippen molar-refractivity contribution in [3.63, 3.8) is 0 Å². The summed E-state index contributed by atoms with van der Waals surface area (Å²) < 4.78 is 26.7. The van der Waals surface area contributed by atoms with E-state index in [1.54, 1.807) is 18.2 Å². The second-order valence-corrected chi connectivity index (χ2v) is 6.96. The molecule has 3 heterocycles. The number of nitrogens with zero attached hydrogens (tertiary/aromatic N) is 3. The van der Waals surface area contributed by atoms with Crippen molar-refractivity contribution in [3.8, 4) is 0 Å². The highest BCUT2D eigenvalue weighted by Crippen LogP contribution is 2.42. The van der Waals surface area contributed by atoms with Gasteiger partial charge in [-0.1, -0.05) is 18.2 Å². The minimum absolute atomic E-state index is 0.00152. The smallest absolute Gasteiger partial charge is 0.338 e. The molecule has 1 aliphatic heterocycles. The predicted molar refractivity (Wildman–Crippen MR) is 102 cm³/mol. The van der Waals surface area contributed by atoms with Crippen LogP contribution in [0.3, 0.4) is 0 Å². The van der Waals surface area contributed by atoms with E-state index in [0.29, 0.717) is 0 Å². The molecule has 0 spiro atoms. The fourth-order valence-corrected chi connectivity index (χ4v) is 3.43. The zero-order valence-electron chi connectivity index (χ0n) is 15.9. The Morgan fingerprint density at radius 3 is 2.68 bits per heavy atom. The predicted octanol–water partition coefficient (Wildman–Crippen LogP) is -0.274. The van der Waals surface area contributed by atoms with Gasteiger partial charge in [0, 0.05) is 0 Å². The van der Waals surface area contributed by atoms with E-state index in [0.717, 1.165) is 10.8 Å². The van der Waals surface area contributed by atoms with Gasteiger partial charge in [-0.05, 0) is 18.2 Å². The first-order valence-corrected chi connectivity index (χ1v) is 9.10. The Kier molecular flexibility index (Phi) is 5.05. The molecular formula is C19H18FN5O6. The highest BCUT2D eigenvalue weighted by atomic mass is 19.2. The first-order chi connectivity index (χ1) is 14.7. The maximum absolute atomic E-state index is 15.3. The molecule has 1 aliphatic rings. The fraction of sp³-hybridized carbons (Fsp3) is 0.263. The first-order valence-electron chi connectivity index (χ1n) is 9.10. The molecule has 11 nitrogen and oxygen atoms in total. The lowest BCUT2D eigenvalue weighted by Gasteiger charge is -2.22. The number of carbonyl (C=O) groups excluding carboxylic acids is 2. The van der Waals surface area contributed by atoms with Gasteiger partial charge in [-0.15, -0.1) is 0 Å². The molecule has 1 saturated heterocycles. The average Bonchev–Trinajstić information content (AvgIpc) is 3.25. The van der Waals surface area contributed by atoms with E-state index in [9.17, 15) is 19.8 Å². The standard InChI is InChI=1S/C19H18FN5O6/c20-19(7-30-18(29)9-4-2-1-3-5-9)15(27)13(26)14(31-19)11-6-10(17(22)28)12-16(21)23-8-24-25(11)12/h1-6,8,13-15,26-27H,7H2,(H2,22,28)(H2,21,23,24)/t13-,14-,15-,19+/m0/s1. The molecule has 31 heavy (non-hydrogen) atoms. The third-order valence-corrected chi connectivity index (χ3v) is 4.98. The molecule has 0 radical (unpaired) electrons. The Morgan fingerprint density at radius 1 is 1.29 bits per heavy atom. The molecule has 1 amide bonds. The second-order valence-electron chi connectivity index (χ2n) is 6.96. The van der Waals surface area contributed by atoms with E-state index in [-0.39, 0.29) is 28.2 Å². The van der Waals surface area contributed by atoms with Crippen molar-refractivity contribution < 1.29 is 33.7 Å². The quantitative estimate of drug-likeness (QED) is 0.396. The van der Waals surface area contributed by atoms with Crippen LogP contribution in [0.25, 0.3) is 5.52 Å². The number of ether oxygens (including phenoxy) is 2. The molecule has 3 aromatic rings. The van der Waals surface area contributed by atoms with Gasteiger partial charge in [0.25, 0.3) is 11.8 Å². The minimum atomic E-state index is -2.93. The molecule has 0 unspecified atom stereocenters. The average molecular weight is 431 g/mol. The van der Waals surface area contributed by atoms with Crippen molar-refractivity contribution in [2.24, 2.45) is 5.73 Å². The lowest BCUT2D eigenvalue weighted by atomic mass is 10.0. The number of nitrogens with two attached hydrogens (primary N) is 2. The van der Waals surface area contributed by atoms with E-state index >= 15 is 4.39 Å². The third kappa shape index (κ3) is 3.46. The maximum Gasteiger partial charge on any atom is 0.338 e. The fourth-order valence-electron chi connectivity index (χ4n) is 3.43. The van der Waals surface area contributed by atoms with Gasteiger partial charge >= 0.3 is 5.97 Å². The summed E-state index contributed by atoms with van der Waals surface area (Å²) in [6.45, 7) is -0.988. The Bertz CT molecular complexity index is 1160. The highest BCUT2D eigenvalue weighted by Gasteiger charge is 2.57. The number of hydrogen-bond donors (Lipinski definition) is 4. The molecule has 12 heteroatoms. The van der Waals surface area contributed by atoms with E-state index in [4.69, 9.17) is 20.9 Å². The lowest BCUT2D eigenvalue weighted by Crippen LogP contribution is -2.43. The summed E-state index contributed by atoms with van der Waals surface area (Å²) in [5, 5.41) is 24.7. The monoisotopic (exact) mass is 431 g/mol. The number of aromatic nitrogens is 3. The number of primary amides is 1. The number of aliphatic hydroxyl groups is 2. The number of aliphatic hydroxyl groups excluding tert-OH is 2. The summed E-state index contributed by atoms with van der Waals surface area (Å²) >= 11 is 0. The van der Waals surface area contributed by atoms with Crippen LogP contribution in [-0.4, -0.2) is 61.4 Å². The molecule has 1 aromatic carbocycles. The van der Waals surface area contributed by atoms with Crippen LogP contribution in [0, 0.1) is 0 Å². The van der Waals surface area contributed by atoms with Gasteiger partial charge in [0.15, 0.2) is 12.4 Å². The normalized spacial score (nSPS) is 25.6. The largest absolute Gasteiger partial charge is 0.456 e. The number of alkyl halides is 1. The number of benzene rings is 1. The van der Waals surface area contributed by atoms with Crippen LogP contribution < -0.4 is 11.5 Å². The van der Waals surface area contributed by atoms with Gasteiger partial charge in [-0.3, -0.25) is 4.79 Å². The Morgan fingerprint density at radius 2 is 2.00 bits per heavy atom. The summed E-state index contributed by atoms with van der Waals surface area (Å²) in [4.78, 5) is 27.7. The number of fused-ring (bicyclic) bond motifs is 1. The van der Waals surface area contributed by atoms with E-state index in [1.807, 2.05) is 0 Å². The molecule has 4 rings (SSSR count). The van der Waals surface area contributed by atoms with Crippen LogP contribution in [-0.2, 0) is 9.47 Å². The summed E-state index contributed by atoms with van der Waals surface area (Å²) in [6.07, 6.45) is -4.25. The molecular weight excluding hydrogens is 413 g/mol. The topological polar surface area (TPSA) is 175 Å². The third-order valence-electron chi connectivity index (χ3n) is 4.98. The van der Waals surface area contributed by atoms with E-state index in [1.165, 1.54) is 18.2 Å². The summed E-state index contributed by atoms with van der Waals surface area (Å²) in [5.41, 5.74) is 11.3. The Balaban J connectivity index is 1.63. The Labute approximate surface area is 174 Å². The van der Waals surface area contributed by atoms with Gasteiger partial charge in [0.05, 0.1) is 16.8 Å². The molecule has 0 saturated carbocycles. The Hall–Kier alpha value is -3.61. The van der Waals surface area contributed by atoms with Crippen LogP contribution in [0.5, 0.6) is 0 Å². The molecule has 162 valence electrons. The van der Waals surface area contributed by atoms with Crippen molar-refractivity contribution >= 4 is 23.2 Å². The molecule has 6 N–H and O–H groups in total. The second kappa shape index (κ2) is 7.58. The highest BCUT2D eigenvalue weighted by molar-refractivity contribution is 6.02. The van der Waals surface area contributed by atoms with Crippen LogP contribution in [0.1, 0.15) is 32.5 Å². The zero-order valence-corrected chi connectivity index (χ0v) is 15.9. The number of anilines is 1. The summed E-state index contributed by atoms with van der Waals surface area (Å²) in [6, 6.07) is 9.05. The van der Waals surface area contributed by atoms with Crippen molar-refractivity contribution in [2.45, 2.75) is 24.2 Å². The van der Waals surface area contributed by atoms with Gasteiger partial charge < -0.3 is 31.2 Å². The van der Waals surface area contributed by atoms with E-state index in [2.05, 4.69) is 10.1 Å². The molecule has 2 aromatic heterocycles. The van der Waals surface area contributed by atoms with Gasteiger partial charge in [-0.2, -0.15) is 5.10 Å². The number of carbonyl (C=O) groups is 2. The van der Waals surface area contributed by atoms with Gasteiger partial charge in [-0.25, -0.2) is 18.7 Å². The van der Waals surface area contributed by atoms with Crippen LogP contribution in [0.2, 0.25) is 0 Å². The number of esters is 1. The maximum atomic E-state index is 15.3. The summed E-state index contributed by atoms with van der Waals surface area (Å²) in [7, 11) is 0. The van der Waals surface area contributed by atoms with Gasteiger partial charge in [0.2, 0.25) is 0 Å². The molecule has 0 aliphatic carbocycles. The SMILES string of the molecule is NC(=O)c1cc([C@@H]2O[C@](F)(COC(=O)c3ccccc3)[C@@H](O)[C@H]2O)n2ncnc(N)c12. The number of rotatable bonds is 5. The van der Waals surface area contributed by atoms with Crippen molar-refractivity contribution in [1.29, 1.82) is 0 Å². The van der Waals surface area contributed by atoms with E-state index < -0.39 is 42.7 Å². The lowest BCUT2D eigenvalue weighted by molar-refractivity contribution is -0.197. The zero-order chi connectivity index (χ0) is 22.3. The van der Waals surface area contributed by atoms with Gasteiger partial charge in [0.1, 0.15) is 30.2 Å². The molecule has 0 bridgehead atoms. The number of amides is 1. The number of hydrogen-bond acceptors (Lipinski definition) is 9. The number of halogens is 1. The van der Waals surface area contributed by atoms with Crippen LogP contribution in [0.4, 0.5) is 10.2 Å². The molecule has 1 fully saturated rings. The van der Waals surface area contributed by atoms with Crippen molar-refractivity contribution in [2.75, 3.05) is 12.3 Å². The van der Waals surface area contributed by atoms with Crippen molar-refractivity contribution in [3.05, 3.63) is 59.5 Å².